The highest BCUT2D eigenvalue weighted by Gasteiger charge is 2.19. The van der Waals surface area contributed by atoms with E-state index in [1.807, 2.05) is 24.3 Å². The average Bonchev–Trinajstić information content (AvgIpc) is 2.47. The second-order valence-corrected chi connectivity index (χ2v) is 5.44. The quantitative estimate of drug-likeness (QED) is 0.561. The molecule has 1 heterocycles. The van der Waals surface area contributed by atoms with Gasteiger partial charge in [0.2, 0.25) is 5.96 Å². The summed E-state index contributed by atoms with van der Waals surface area (Å²) in [5, 5.41) is 0. The van der Waals surface area contributed by atoms with Crippen LogP contribution in [0, 0.1) is 0 Å². The van der Waals surface area contributed by atoms with Crippen molar-refractivity contribution >= 4 is 17.6 Å². The summed E-state index contributed by atoms with van der Waals surface area (Å²) in [6, 6.07) is 7.85. The number of nitrogens with two attached hydrogens (primary N) is 3. The molecule has 120 valence electrons. The van der Waals surface area contributed by atoms with Gasteiger partial charge in [0, 0.05) is 6.04 Å². The van der Waals surface area contributed by atoms with E-state index in [9.17, 15) is 0 Å². The maximum absolute atomic E-state index is 5.85. The molecular weight excluding hydrogens is 280 g/mol. The molecule has 1 unspecified atom stereocenters. The van der Waals surface area contributed by atoms with Crippen molar-refractivity contribution in [3.05, 3.63) is 24.3 Å². The van der Waals surface area contributed by atoms with Crippen LogP contribution >= 0.6 is 0 Å². The number of ether oxygens (including phenoxy) is 1. The molecule has 0 saturated carbocycles. The van der Waals surface area contributed by atoms with E-state index in [1.54, 1.807) is 0 Å². The molecule has 0 bridgehead atoms. The van der Waals surface area contributed by atoms with Crippen LogP contribution in [0.5, 0.6) is 5.75 Å². The predicted octanol–water partition coefficient (Wildman–Crippen LogP) is 0.769. The number of piperidine rings is 1. The standard InChI is InChI=1S/C15H24N6O/c1-21-9-3-2-4-12(21)10-22-13-7-5-11(6-8-13)19-15(18)20-14(16)17/h5-8,12H,2-4,9-10H2,1H3,(H6,16,17,18,19,20). The Morgan fingerprint density at radius 1 is 1.23 bits per heavy atom. The van der Waals surface area contributed by atoms with E-state index in [0.29, 0.717) is 18.3 Å². The summed E-state index contributed by atoms with van der Waals surface area (Å²) in [5.41, 5.74) is 16.7. The Labute approximate surface area is 130 Å². The van der Waals surface area contributed by atoms with E-state index in [2.05, 4.69) is 21.9 Å². The van der Waals surface area contributed by atoms with Crippen LogP contribution in [0.2, 0.25) is 0 Å². The summed E-state index contributed by atoms with van der Waals surface area (Å²) in [7, 11) is 2.15. The first-order chi connectivity index (χ1) is 10.5. The number of benzene rings is 1. The summed E-state index contributed by atoms with van der Waals surface area (Å²) in [6.07, 6.45) is 3.74. The molecule has 1 saturated heterocycles. The summed E-state index contributed by atoms with van der Waals surface area (Å²) in [5.74, 6) is 0.730. The number of hydrogen-bond acceptors (Lipinski definition) is 3. The van der Waals surface area contributed by atoms with E-state index >= 15 is 0 Å². The van der Waals surface area contributed by atoms with Gasteiger partial charge in [0.25, 0.3) is 0 Å². The highest BCUT2D eigenvalue weighted by atomic mass is 16.5. The highest BCUT2D eigenvalue weighted by molar-refractivity contribution is 5.93. The molecule has 0 amide bonds. The molecule has 1 atom stereocenters. The van der Waals surface area contributed by atoms with Crippen molar-refractivity contribution in [2.75, 3.05) is 20.2 Å². The highest BCUT2D eigenvalue weighted by Crippen LogP contribution is 2.20. The van der Waals surface area contributed by atoms with Crippen LogP contribution in [0.3, 0.4) is 0 Å². The molecule has 7 heteroatoms. The summed E-state index contributed by atoms with van der Waals surface area (Å²) < 4.78 is 5.85. The van der Waals surface area contributed by atoms with Crippen LogP contribution in [0.4, 0.5) is 5.69 Å². The Morgan fingerprint density at radius 3 is 2.59 bits per heavy atom. The lowest BCUT2D eigenvalue weighted by Crippen LogP contribution is -2.40. The van der Waals surface area contributed by atoms with Gasteiger partial charge in [0.05, 0.1) is 5.69 Å². The van der Waals surface area contributed by atoms with Crippen molar-refractivity contribution < 1.29 is 4.74 Å². The molecule has 0 radical (unpaired) electrons. The number of likely N-dealkylation sites (N-methyl/N-ethyl adjacent to an activating group) is 1. The Hall–Kier alpha value is -2.28. The van der Waals surface area contributed by atoms with E-state index in [-0.39, 0.29) is 11.9 Å². The molecule has 0 spiro atoms. The Kier molecular flexibility index (Phi) is 5.60. The molecule has 1 aliphatic heterocycles. The van der Waals surface area contributed by atoms with E-state index in [1.165, 1.54) is 19.3 Å². The van der Waals surface area contributed by atoms with Gasteiger partial charge in [-0.1, -0.05) is 6.42 Å². The zero-order valence-corrected chi connectivity index (χ0v) is 12.9. The van der Waals surface area contributed by atoms with Crippen molar-refractivity contribution in [2.45, 2.75) is 25.3 Å². The van der Waals surface area contributed by atoms with Crippen LogP contribution in [0.25, 0.3) is 0 Å². The fourth-order valence-corrected chi connectivity index (χ4v) is 2.45. The third kappa shape index (κ3) is 4.92. The van der Waals surface area contributed by atoms with E-state index in [0.717, 1.165) is 12.3 Å². The zero-order chi connectivity index (χ0) is 15.9. The van der Waals surface area contributed by atoms with Crippen molar-refractivity contribution in [1.29, 1.82) is 0 Å². The number of nitrogens with zero attached hydrogens (tertiary/aromatic N) is 3. The monoisotopic (exact) mass is 304 g/mol. The smallest absolute Gasteiger partial charge is 0.223 e. The fraction of sp³-hybridized carbons (Fsp3) is 0.467. The molecule has 0 aliphatic carbocycles. The largest absolute Gasteiger partial charge is 0.492 e. The molecule has 22 heavy (non-hydrogen) atoms. The average molecular weight is 304 g/mol. The fourth-order valence-electron chi connectivity index (χ4n) is 2.45. The van der Waals surface area contributed by atoms with Gasteiger partial charge in [-0.2, -0.15) is 4.99 Å². The number of guanidine groups is 2. The minimum Gasteiger partial charge on any atom is -0.492 e. The molecule has 2 rings (SSSR count). The normalized spacial score (nSPS) is 19.7. The number of rotatable bonds is 4. The van der Waals surface area contributed by atoms with Gasteiger partial charge in [-0.3, -0.25) is 0 Å². The molecule has 1 aromatic carbocycles. The first kappa shape index (κ1) is 16.1. The SMILES string of the molecule is CN1CCCCC1COc1ccc(N=C(N)N=C(N)N)cc1. The van der Waals surface area contributed by atoms with Crippen molar-refractivity contribution in [3.8, 4) is 5.75 Å². The lowest BCUT2D eigenvalue weighted by molar-refractivity contribution is 0.125. The third-order valence-corrected chi connectivity index (χ3v) is 3.69. The number of hydrogen-bond donors (Lipinski definition) is 3. The molecule has 0 aromatic heterocycles. The van der Waals surface area contributed by atoms with E-state index in [4.69, 9.17) is 21.9 Å². The maximum Gasteiger partial charge on any atom is 0.223 e. The van der Waals surface area contributed by atoms with Gasteiger partial charge in [-0.15, -0.1) is 0 Å². The molecular formula is C15H24N6O. The molecule has 6 N–H and O–H groups in total. The van der Waals surface area contributed by atoms with Crippen molar-refractivity contribution in [2.24, 2.45) is 27.2 Å². The lowest BCUT2D eigenvalue weighted by atomic mass is 10.0. The Bertz CT molecular complexity index is 535. The van der Waals surface area contributed by atoms with Crippen LogP contribution < -0.4 is 21.9 Å². The van der Waals surface area contributed by atoms with Gasteiger partial charge in [0.15, 0.2) is 5.96 Å². The van der Waals surface area contributed by atoms with Crippen LogP contribution in [0.1, 0.15) is 19.3 Å². The molecule has 1 fully saturated rings. The number of likely N-dealkylation sites (tertiary alicyclic amines) is 1. The predicted molar refractivity (Wildman–Crippen MR) is 89.3 cm³/mol. The van der Waals surface area contributed by atoms with Gasteiger partial charge in [0.1, 0.15) is 12.4 Å². The Balaban J connectivity index is 1.90. The lowest BCUT2D eigenvalue weighted by Gasteiger charge is -2.32. The molecule has 1 aliphatic rings. The van der Waals surface area contributed by atoms with E-state index < -0.39 is 0 Å². The topological polar surface area (TPSA) is 115 Å². The molecule has 7 nitrogen and oxygen atoms in total. The van der Waals surface area contributed by atoms with Gasteiger partial charge >= 0.3 is 0 Å². The van der Waals surface area contributed by atoms with Crippen molar-refractivity contribution in [1.82, 2.24) is 4.90 Å². The minimum atomic E-state index is -0.113. The van der Waals surface area contributed by atoms with Gasteiger partial charge in [-0.25, -0.2) is 4.99 Å². The second kappa shape index (κ2) is 7.65. The maximum atomic E-state index is 5.85. The van der Waals surface area contributed by atoms with Crippen LogP contribution in [0.15, 0.2) is 34.3 Å². The number of aliphatic imine (C=N–C) groups is 2. The minimum absolute atomic E-state index is 0.0255. The summed E-state index contributed by atoms with van der Waals surface area (Å²) in [4.78, 5) is 10.1. The van der Waals surface area contributed by atoms with Crippen molar-refractivity contribution in [3.63, 3.8) is 0 Å². The summed E-state index contributed by atoms with van der Waals surface area (Å²) >= 11 is 0. The van der Waals surface area contributed by atoms with Gasteiger partial charge in [-0.05, 0) is 50.7 Å². The summed E-state index contributed by atoms with van der Waals surface area (Å²) in [6.45, 7) is 1.85. The first-order valence-corrected chi connectivity index (χ1v) is 7.41. The third-order valence-electron chi connectivity index (χ3n) is 3.69. The van der Waals surface area contributed by atoms with Crippen LogP contribution in [-0.2, 0) is 0 Å². The second-order valence-electron chi connectivity index (χ2n) is 5.44. The first-order valence-electron chi connectivity index (χ1n) is 7.41. The molecule has 1 aromatic rings. The zero-order valence-electron chi connectivity index (χ0n) is 12.9. The van der Waals surface area contributed by atoms with Crippen LogP contribution in [-0.4, -0.2) is 43.1 Å². The Morgan fingerprint density at radius 2 is 1.95 bits per heavy atom. The van der Waals surface area contributed by atoms with Gasteiger partial charge < -0.3 is 26.8 Å².